The maximum atomic E-state index is 12.6. The minimum absolute atomic E-state index is 0.0608. The first-order valence-electron chi connectivity index (χ1n) is 11.2. The Hall–Kier alpha value is -3.75. The Balaban J connectivity index is 1.11. The molecule has 3 amide bonds. The molecule has 0 spiro atoms. The van der Waals surface area contributed by atoms with Crippen molar-refractivity contribution < 1.29 is 9.59 Å². The average molecular weight is 472 g/mol. The molecule has 1 aromatic heterocycles. The summed E-state index contributed by atoms with van der Waals surface area (Å²) in [4.78, 5) is 33.7. The van der Waals surface area contributed by atoms with Crippen LogP contribution in [-0.2, 0) is 6.54 Å². The quantitative estimate of drug-likeness (QED) is 0.434. The summed E-state index contributed by atoms with van der Waals surface area (Å²) in [7, 11) is 0. The van der Waals surface area contributed by atoms with Gasteiger partial charge >= 0.3 is 6.03 Å². The van der Waals surface area contributed by atoms with Gasteiger partial charge in [-0.25, -0.2) is 9.78 Å². The second-order valence-corrected chi connectivity index (χ2v) is 9.23. The molecule has 3 aromatic carbocycles. The average Bonchev–Trinajstić information content (AvgIpc) is 3.28. The Kier molecular flexibility index (Phi) is 6.51. The zero-order valence-electron chi connectivity index (χ0n) is 18.6. The van der Waals surface area contributed by atoms with E-state index in [-0.39, 0.29) is 11.9 Å². The van der Waals surface area contributed by atoms with Gasteiger partial charge in [0.2, 0.25) is 0 Å². The van der Waals surface area contributed by atoms with Gasteiger partial charge in [0.05, 0.1) is 10.2 Å². The highest BCUT2D eigenvalue weighted by Crippen LogP contribution is 2.25. The van der Waals surface area contributed by atoms with Crippen molar-refractivity contribution in [3.63, 3.8) is 0 Å². The van der Waals surface area contributed by atoms with E-state index in [0.29, 0.717) is 23.8 Å². The van der Waals surface area contributed by atoms with Crippen LogP contribution in [0.2, 0.25) is 0 Å². The van der Waals surface area contributed by atoms with Gasteiger partial charge in [0.1, 0.15) is 0 Å². The van der Waals surface area contributed by atoms with Crippen molar-refractivity contribution in [3.8, 4) is 0 Å². The summed E-state index contributed by atoms with van der Waals surface area (Å²) >= 11 is 1.47. The van der Waals surface area contributed by atoms with Gasteiger partial charge < -0.3 is 10.2 Å². The zero-order valence-corrected chi connectivity index (χ0v) is 19.4. The number of anilines is 2. The molecule has 1 aliphatic rings. The fraction of sp³-hybridized carbons (Fsp3) is 0.192. The molecule has 1 fully saturated rings. The van der Waals surface area contributed by atoms with Crippen LogP contribution in [0.3, 0.4) is 0 Å². The summed E-state index contributed by atoms with van der Waals surface area (Å²) in [5.74, 6) is -0.163. The Morgan fingerprint density at radius 2 is 1.53 bits per heavy atom. The molecule has 0 atom stereocenters. The summed E-state index contributed by atoms with van der Waals surface area (Å²) in [6, 6.07) is 25.0. The van der Waals surface area contributed by atoms with E-state index in [0.717, 1.165) is 41.1 Å². The van der Waals surface area contributed by atoms with Gasteiger partial charge in [-0.15, -0.1) is 0 Å². The molecule has 5 rings (SSSR count). The number of para-hydroxylation sites is 2. The van der Waals surface area contributed by atoms with Crippen molar-refractivity contribution in [2.24, 2.45) is 0 Å². The van der Waals surface area contributed by atoms with Gasteiger partial charge in [-0.05, 0) is 42.0 Å². The first-order valence-corrected chi connectivity index (χ1v) is 12.0. The van der Waals surface area contributed by atoms with Crippen molar-refractivity contribution in [1.29, 1.82) is 0 Å². The molecular weight excluding hydrogens is 446 g/mol. The SMILES string of the molecule is O=C(Nc1nc2ccccc2s1)c1ccc(CN2CCN(C(=O)Nc3ccccc3)CC2)cc1. The maximum Gasteiger partial charge on any atom is 0.321 e. The molecule has 7 nitrogen and oxygen atoms in total. The number of nitrogens with one attached hydrogen (secondary N) is 2. The van der Waals surface area contributed by atoms with Crippen LogP contribution in [0.1, 0.15) is 15.9 Å². The number of aromatic nitrogens is 1. The molecule has 0 radical (unpaired) electrons. The van der Waals surface area contributed by atoms with Crippen molar-refractivity contribution in [3.05, 3.63) is 90.0 Å². The van der Waals surface area contributed by atoms with E-state index in [1.165, 1.54) is 11.3 Å². The summed E-state index contributed by atoms with van der Waals surface area (Å²) in [5, 5.41) is 6.44. The Labute approximate surface area is 202 Å². The van der Waals surface area contributed by atoms with E-state index >= 15 is 0 Å². The van der Waals surface area contributed by atoms with Crippen LogP contribution in [0.5, 0.6) is 0 Å². The van der Waals surface area contributed by atoms with Crippen LogP contribution in [0, 0.1) is 0 Å². The molecule has 0 unspecified atom stereocenters. The third-order valence-corrected chi connectivity index (χ3v) is 6.77. The number of fused-ring (bicyclic) bond motifs is 1. The van der Waals surface area contributed by atoms with Crippen LogP contribution < -0.4 is 10.6 Å². The second-order valence-electron chi connectivity index (χ2n) is 8.20. The first kappa shape index (κ1) is 22.1. The zero-order chi connectivity index (χ0) is 23.3. The third kappa shape index (κ3) is 5.24. The molecule has 2 N–H and O–H groups in total. The molecule has 1 saturated heterocycles. The highest BCUT2D eigenvalue weighted by atomic mass is 32.1. The second kappa shape index (κ2) is 10.0. The number of amides is 3. The van der Waals surface area contributed by atoms with Crippen LogP contribution in [0.4, 0.5) is 15.6 Å². The van der Waals surface area contributed by atoms with Crippen molar-refractivity contribution in [2.45, 2.75) is 6.54 Å². The molecule has 34 heavy (non-hydrogen) atoms. The number of hydrogen-bond donors (Lipinski definition) is 2. The van der Waals surface area contributed by atoms with Gasteiger partial charge in [0.25, 0.3) is 5.91 Å². The summed E-state index contributed by atoms with van der Waals surface area (Å²) in [6.45, 7) is 3.76. The first-order chi connectivity index (χ1) is 16.6. The lowest BCUT2D eigenvalue weighted by molar-refractivity contribution is 0.102. The maximum absolute atomic E-state index is 12.6. The van der Waals surface area contributed by atoms with Gasteiger partial charge in [0, 0.05) is 44.0 Å². The Bertz CT molecular complexity index is 1250. The highest BCUT2D eigenvalue weighted by molar-refractivity contribution is 7.22. The number of carbonyl (C=O) groups excluding carboxylic acids is 2. The van der Waals surface area contributed by atoms with Gasteiger partial charge in [-0.2, -0.15) is 0 Å². The number of hydrogen-bond acceptors (Lipinski definition) is 5. The molecule has 8 heteroatoms. The summed E-state index contributed by atoms with van der Waals surface area (Å²) < 4.78 is 1.05. The molecule has 2 heterocycles. The summed E-state index contributed by atoms with van der Waals surface area (Å²) in [6.07, 6.45) is 0. The fourth-order valence-corrected chi connectivity index (χ4v) is 4.81. The predicted octanol–water partition coefficient (Wildman–Crippen LogP) is 4.90. The van der Waals surface area contributed by atoms with Crippen molar-refractivity contribution in [1.82, 2.24) is 14.8 Å². The number of benzene rings is 3. The minimum atomic E-state index is -0.163. The lowest BCUT2D eigenvalue weighted by Crippen LogP contribution is -2.49. The van der Waals surface area contributed by atoms with Crippen LogP contribution in [-0.4, -0.2) is 52.9 Å². The van der Waals surface area contributed by atoms with Crippen LogP contribution in [0.25, 0.3) is 10.2 Å². The summed E-state index contributed by atoms with van der Waals surface area (Å²) in [5.41, 5.74) is 3.43. The fourth-order valence-electron chi connectivity index (χ4n) is 3.95. The predicted molar refractivity (Wildman–Crippen MR) is 136 cm³/mol. The van der Waals surface area contributed by atoms with Crippen LogP contribution in [0.15, 0.2) is 78.9 Å². The van der Waals surface area contributed by atoms with E-state index in [9.17, 15) is 9.59 Å². The molecule has 172 valence electrons. The number of rotatable bonds is 5. The molecule has 1 aliphatic heterocycles. The largest absolute Gasteiger partial charge is 0.322 e. The number of nitrogens with zero attached hydrogens (tertiary/aromatic N) is 3. The number of thiazole rings is 1. The lowest BCUT2D eigenvalue weighted by Gasteiger charge is -2.34. The van der Waals surface area contributed by atoms with E-state index in [4.69, 9.17) is 0 Å². The van der Waals surface area contributed by atoms with E-state index in [1.54, 1.807) is 0 Å². The number of piperazine rings is 1. The minimum Gasteiger partial charge on any atom is -0.322 e. The molecule has 0 bridgehead atoms. The standard InChI is InChI=1S/C26H25N5O2S/c32-24(29-25-28-22-8-4-5-9-23(22)34-25)20-12-10-19(11-13-20)18-30-14-16-31(17-15-30)26(33)27-21-6-2-1-3-7-21/h1-13H,14-18H2,(H,27,33)(H,28,29,32). The third-order valence-electron chi connectivity index (χ3n) is 5.82. The molecule has 0 aliphatic carbocycles. The Morgan fingerprint density at radius 1 is 0.824 bits per heavy atom. The monoisotopic (exact) mass is 471 g/mol. The van der Waals surface area contributed by atoms with E-state index in [2.05, 4.69) is 20.5 Å². The van der Waals surface area contributed by atoms with Crippen LogP contribution >= 0.6 is 11.3 Å². The van der Waals surface area contributed by atoms with Gasteiger partial charge in [0.15, 0.2) is 5.13 Å². The van der Waals surface area contributed by atoms with Crippen molar-refractivity contribution >= 4 is 44.3 Å². The van der Waals surface area contributed by atoms with E-state index in [1.807, 2.05) is 83.8 Å². The number of urea groups is 1. The van der Waals surface area contributed by atoms with Gasteiger partial charge in [-0.3, -0.25) is 15.0 Å². The normalized spacial score (nSPS) is 14.2. The molecule has 4 aromatic rings. The highest BCUT2D eigenvalue weighted by Gasteiger charge is 2.21. The lowest BCUT2D eigenvalue weighted by atomic mass is 10.1. The Morgan fingerprint density at radius 3 is 2.26 bits per heavy atom. The van der Waals surface area contributed by atoms with Crippen molar-refractivity contribution in [2.75, 3.05) is 36.8 Å². The topological polar surface area (TPSA) is 77.6 Å². The molecular formula is C26H25N5O2S. The number of carbonyl (C=O) groups is 2. The molecule has 0 saturated carbocycles. The van der Waals surface area contributed by atoms with Gasteiger partial charge in [-0.1, -0.05) is 53.8 Å². The van der Waals surface area contributed by atoms with E-state index < -0.39 is 0 Å². The smallest absolute Gasteiger partial charge is 0.321 e.